The minimum Gasteiger partial charge on any atom is -0.755 e. The number of aromatic nitrogens is 2. The number of carbonyl (C=O) groups excluding carboxylic acids is 1. The Bertz CT molecular complexity index is 1450. The van der Waals surface area contributed by atoms with E-state index in [0.717, 1.165) is 29.4 Å². The van der Waals surface area contributed by atoms with Crippen molar-refractivity contribution in [3.8, 4) is 22.6 Å². The Hall–Kier alpha value is -3.89. The van der Waals surface area contributed by atoms with Crippen LogP contribution in [0.15, 0.2) is 60.8 Å². The van der Waals surface area contributed by atoms with Crippen LogP contribution in [0.3, 0.4) is 0 Å². The molecule has 1 saturated carbocycles. The molecular formula is C25H21N4O5S-. The molecule has 35 heavy (non-hydrogen) atoms. The third-order valence-corrected chi connectivity index (χ3v) is 6.77. The summed E-state index contributed by atoms with van der Waals surface area (Å²) in [5.74, 6) is 1.63. The van der Waals surface area contributed by atoms with Crippen LogP contribution in [0.2, 0.25) is 0 Å². The van der Waals surface area contributed by atoms with E-state index in [2.05, 4.69) is 15.3 Å². The highest BCUT2D eigenvalue weighted by molar-refractivity contribution is 7.81. The second-order valence-corrected chi connectivity index (χ2v) is 9.24. The van der Waals surface area contributed by atoms with Crippen molar-refractivity contribution in [2.75, 3.05) is 22.8 Å². The first-order valence-electron chi connectivity index (χ1n) is 11.3. The average Bonchev–Trinajstić information content (AvgIpc) is 3.62. The standard InChI is InChI=1S/C25H22N4O5S/c30-25(16-1-2-16)28-23-14-20(19-9-10-26-24(19)27-23)15-3-5-17(6-4-15)29(35(31)32)18-7-8-21-22(13-18)34-12-11-33-21/h3-10,13-14,16H,1-2,11-12H2,(H,31,32)(H2,26,27,28,30)/p-1. The molecule has 1 aliphatic carbocycles. The summed E-state index contributed by atoms with van der Waals surface area (Å²) < 4.78 is 36.7. The molecule has 2 aromatic carbocycles. The Kier molecular flexibility index (Phi) is 5.39. The molecule has 178 valence electrons. The van der Waals surface area contributed by atoms with Crippen molar-refractivity contribution in [3.05, 3.63) is 60.8 Å². The van der Waals surface area contributed by atoms with E-state index in [-0.39, 0.29) is 11.8 Å². The maximum atomic E-state index is 12.3. The van der Waals surface area contributed by atoms with Crippen LogP contribution in [0.25, 0.3) is 22.2 Å². The van der Waals surface area contributed by atoms with Crippen molar-refractivity contribution < 1.29 is 23.0 Å². The van der Waals surface area contributed by atoms with Gasteiger partial charge in [0, 0.05) is 23.6 Å². The molecule has 10 heteroatoms. The minimum absolute atomic E-state index is 0.0160. The first-order valence-corrected chi connectivity index (χ1v) is 12.3. The van der Waals surface area contributed by atoms with Crippen molar-refractivity contribution in [1.29, 1.82) is 0 Å². The Morgan fingerprint density at radius 1 is 1.03 bits per heavy atom. The summed E-state index contributed by atoms with van der Waals surface area (Å²) in [6, 6.07) is 16.0. The number of anilines is 3. The fourth-order valence-corrected chi connectivity index (χ4v) is 4.75. The van der Waals surface area contributed by atoms with Gasteiger partial charge in [0.15, 0.2) is 11.5 Å². The van der Waals surface area contributed by atoms with Crippen LogP contribution in [0.1, 0.15) is 12.8 Å². The van der Waals surface area contributed by atoms with E-state index in [1.165, 1.54) is 4.31 Å². The quantitative estimate of drug-likeness (QED) is 0.390. The van der Waals surface area contributed by atoms with Gasteiger partial charge in [-0.05, 0) is 60.4 Å². The normalized spacial score (nSPS) is 15.6. The number of benzene rings is 2. The van der Waals surface area contributed by atoms with Crippen LogP contribution in [-0.4, -0.2) is 37.9 Å². The van der Waals surface area contributed by atoms with Crippen molar-refractivity contribution in [2.45, 2.75) is 12.8 Å². The molecule has 1 aliphatic heterocycles. The number of aromatic amines is 1. The van der Waals surface area contributed by atoms with Gasteiger partial charge in [0.25, 0.3) is 0 Å². The maximum absolute atomic E-state index is 12.3. The summed E-state index contributed by atoms with van der Waals surface area (Å²) in [7, 11) is 0. The molecule has 1 fully saturated rings. The smallest absolute Gasteiger partial charge is 0.228 e. The summed E-state index contributed by atoms with van der Waals surface area (Å²) in [6.07, 6.45) is 3.62. The van der Waals surface area contributed by atoms with E-state index in [1.807, 2.05) is 24.3 Å². The van der Waals surface area contributed by atoms with Crippen molar-refractivity contribution in [2.24, 2.45) is 5.92 Å². The fourth-order valence-electron chi connectivity index (χ4n) is 4.17. The Labute approximate surface area is 203 Å². The number of rotatable bonds is 6. The summed E-state index contributed by atoms with van der Waals surface area (Å²) in [6.45, 7) is 0.870. The molecule has 2 N–H and O–H groups in total. The number of amides is 1. The first-order chi connectivity index (χ1) is 17.1. The fraction of sp³-hybridized carbons (Fsp3) is 0.200. The van der Waals surface area contributed by atoms with E-state index in [1.54, 1.807) is 36.5 Å². The molecular weight excluding hydrogens is 468 g/mol. The number of carbonyl (C=O) groups is 1. The van der Waals surface area contributed by atoms with Crippen LogP contribution < -0.4 is 19.1 Å². The van der Waals surface area contributed by atoms with E-state index in [9.17, 15) is 13.6 Å². The molecule has 6 rings (SSSR count). The van der Waals surface area contributed by atoms with Crippen LogP contribution >= 0.6 is 0 Å². The molecule has 9 nitrogen and oxygen atoms in total. The second-order valence-electron chi connectivity index (χ2n) is 8.44. The number of nitrogens with zero attached hydrogens (tertiary/aromatic N) is 2. The zero-order chi connectivity index (χ0) is 23.9. The molecule has 0 spiro atoms. The molecule has 4 aromatic rings. The lowest BCUT2D eigenvalue weighted by Crippen LogP contribution is -2.20. The van der Waals surface area contributed by atoms with Gasteiger partial charge < -0.3 is 24.3 Å². The van der Waals surface area contributed by atoms with Gasteiger partial charge in [-0.2, -0.15) is 0 Å². The van der Waals surface area contributed by atoms with Crippen LogP contribution in [0.4, 0.5) is 17.2 Å². The molecule has 2 aromatic heterocycles. The van der Waals surface area contributed by atoms with Gasteiger partial charge in [-0.15, -0.1) is 0 Å². The lowest BCUT2D eigenvalue weighted by atomic mass is 10.0. The van der Waals surface area contributed by atoms with Crippen molar-refractivity contribution in [1.82, 2.24) is 9.97 Å². The van der Waals surface area contributed by atoms with Gasteiger partial charge in [0.2, 0.25) is 5.91 Å². The molecule has 3 heterocycles. The number of hydrogen-bond acceptors (Lipinski definition) is 6. The Balaban J connectivity index is 1.34. The zero-order valence-electron chi connectivity index (χ0n) is 18.5. The molecule has 2 aliphatic rings. The van der Waals surface area contributed by atoms with Crippen LogP contribution in [-0.2, 0) is 16.1 Å². The molecule has 0 radical (unpaired) electrons. The predicted molar refractivity (Wildman–Crippen MR) is 131 cm³/mol. The van der Waals surface area contributed by atoms with E-state index >= 15 is 0 Å². The number of H-pyrrole nitrogens is 1. The van der Waals surface area contributed by atoms with Crippen molar-refractivity contribution in [3.63, 3.8) is 0 Å². The van der Waals surface area contributed by atoms with Crippen LogP contribution in [0.5, 0.6) is 11.5 Å². The van der Waals surface area contributed by atoms with Gasteiger partial charge >= 0.3 is 0 Å². The van der Waals surface area contributed by atoms with E-state index in [4.69, 9.17) is 9.47 Å². The monoisotopic (exact) mass is 489 g/mol. The van der Waals surface area contributed by atoms with Gasteiger partial charge in [0.1, 0.15) is 24.7 Å². The number of hydrogen-bond donors (Lipinski definition) is 2. The van der Waals surface area contributed by atoms with Gasteiger partial charge in [-0.25, -0.2) is 4.98 Å². The number of nitrogens with one attached hydrogen (secondary N) is 2. The average molecular weight is 490 g/mol. The summed E-state index contributed by atoms with van der Waals surface area (Å²) >= 11 is -2.56. The molecule has 1 atom stereocenters. The molecule has 1 unspecified atom stereocenters. The number of pyridine rings is 1. The van der Waals surface area contributed by atoms with E-state index < -0.39 is 11.3 Å². The lowest BCUT2D eigenvalue weighted by molar-refractivity contribution is -0.117. The lowest BCUT2D eigenvalue weighted by Gasteiger charge is -2.28. The highest BCUT2D eigenvalue weighted by Gasteiger charge is 2.30. The third-order valence-electron chi connectivity index (χ3n) is 6.05. The molecule has 0 saturated heterocycles. The van der Waals surface area contributed by atoms with E-state index in [0.29, 0.717) is 47.6 Å². The topological polar surface area (TPSA) is 120 Å². The highest BCUT2D eigenvalue weighted by atomic mass is 32.2. The highest BCUT2D eigenvalue weighted by Crippen LogP contribution is 2.38. The Morgan fingerprint density at radius 3 is 2.51 bits per heavy atom. The van der Waals surface area contributed by atoms with Gasteiger partial charge in [-0.3, -0.25) is 13.3 Å². The third kappa shape index (κ3) is 4.22. The summed E-state index contributed by atoms with van der Waals surface area (Å²) in [5.41, 5.74) is 3.32. The predicted octanol–water partition coefficient (Wildman–Crippen LogP) is 4.28. The second kappa shape index (κ2) is 8.71. The largest absolute Gasteiger partial charge is 0.755 e. The Morgan fingerprint density at radius 2 is 1.77 bits per heavy atom. The molecule has 0 bridgehead atoms. The number of ether oxygens (including phenoxy) is 2. The maximum Gasteiger partial charge on any atom is 0.228 e. The minimum atomic E-state index is -2.56. The SMILES string of the molecule is O=C(Nc1cc(-c2ccc(N(c3ccc4c(c3)OCCO4)S(=O)[O-])cc2)c2cc[nH]c2n1)C1CC1. The first kappa shape index (κ1) is 21.6. The van der Waals surface area contributed by atoms with Gasteiger partial charge in [-0.1, -0.05) is 12.1 Å². The van der Waals surface area contributed by atoms with Gasteiger partial charge in [0.05, 0.1) is 22.6 Å². The number of fused-ring (bicyclic) bond motifs is 2. The summed E-state index contributed by atoms with van der Waals surface area (Å²) in [4.78, 5) is 19.9. The summed E-state index contributed by atoms with van der Waals surface area (Å²) in [5, 5.41) is 3.81. The molecule has 1 amide bonds. The zero-order valence-corrected chi connectivity index (χ0v) is 19.3. The van der Waals surface area contributed by atoms with Crippen LogP contribution in [0, 0.1) is 5.92 Å². The van der Waals surface area contributed by atoms with Crippen molar-refractivity contribution >= 4 is 45.4 Å².